The van der Waals surface area contributed by atoms with E-state index in [2.05, 4.69) is 11.4 Å². The SMILES string of the molecule is CC(=O)Nc1cc2c[c]ccc2s1. The van der Waals surface area contributed by atoms with Gasteiger partial charge in [-0.3, -0.25) is 4.79 Å². The fraction of sp³-hybridized carbons (Fsp3) is 0.100. The molecule has 1 radical (unpaired) electrons. The second-order valence-corrected chi connectivity index (χ2v) is 3.84. The third-order valence-electron chi connectivity index (χ3n) is 1.66. The van der Waals surface area contributed by atoms with Crippen LogP contribution >= 0.6 is 11.3 Å². The number of hydrogen-bond donors (Lipinski definition) is 1. The van der Waals surface area contributed by atoms with Gasteiger partial charge in [0.2, 0.25) is 5.91 Å². The summed E-state index contributed by atoms with van der Waals surface area (Å²) in [4.78, 5) is 10.8. The predicted octanol–water partition coefficient (Wildman–Crippen LogP) is 2.66. The highest BCUT2D eigenvalue weighted by molar-refractivity contribution is 7.22. The highest BCUT2D eigenvalue weighted by Gasteiger charge is 2.01. The van der Waals surface area contributed by atoms with Gasteiger partial charge in [0.15, 0.2) is 0 Å². The summed E-state index contributed by atoms with van der Waals surface area (Å²) < 4.78 is 1.17. The Hall–Kier alpha value is -1.35. The van der Waals surface area contributed by atoms with Crippen LogP contribution < -0.4 is 5.32 Å². The van der Waals surface area contributed by atoms with E-state index in [1.807, 2.05) is 24.3 Å². The number of thiophene rings is 1. The number of nitrogens with one attached hydrogen (secondary N) is 1. The Balaban J connectivity index is 2.44. The highest BCUT2D eigenvalue weighted by Crippen LogP contribution is 2.28. The first-order chi connectivity index (χ1) is 6.25. The first-order valence-electron chi connectivity index (χ1n) is 3.93. The number of benzene rings is 1. The zero-order valence-corrected chi connectivity index (χ0v) is 7.94. The van der Waals surface area contributed by atoms with Crippen molar-refractivity contribution in [2.75, 3.05) is 5.32 Å². The topological polar surface area (TPSA) is 29.1 Å². The van der Waals surface area contributed by atoms with E-state index in [0.29, 0.717) is 0 Å². The van der Waals surface area contributed by atoms with Crippen LogP contribution in [-0.2, 0) is 4.79 Å². The molecule has 0 atom stereocenters. The molecular weight excluding hydrogens is 182 g/mol. The molecule has 1 N–H and O–H groups in total. The fourth-order valence-electron chi connectivity index (χ4n) is 1.16. The molecule has 0 aliphatic heterocycles. The molecule has 0 saturated heterocycles. The molecule has 1 aromatic heterocycles. The Kier molecular flexibility index (Phi) is 2.02. The van der Waals surface area contributed by atoms with Crippen LogP contribution in [0.15, 0.2) is 24.3 Å². The first-order valence-corrected chi connectivity index (χ1v) is 4.74. The molecule has 0 fully saturated rings. The highest BCUT2D eigenvalue weighted by atomic mass is 32.1. The normalized spacial score (nSPS) is 10.2. The summed E-state index contributed by atoms with van der Waals surface area (Å²) in [6.45, 7) is 1.51. The molecule has 1 aromatic carbocycles. The fourth-order valence-corrected chi connectivity index (χ4v) is 2.15. The third-order valence-corrected chi connectivity index (χ3v) is 2.69. The maximum Gasteiger partial charge on any atom is 0.221 e. The summed E-state index contributed by atoms with van der Waals surface area (Å²) in [5, 5.41) is 4.77. The van der Waals surface area contributed by atoms with Gasteiger partial charge in [0.05, 0.1) is 5.00 Å². The largest absolute Gasteiger partial charge is 0.318 e. The maximum absolute atomic E-state index is 10.8. The Labute approximate surface area is 80.2 Å². The zero-order chi connectivity index (χ0) is 9.26. The lowest BCUT2D eigenvalue weighted by Crippen LogP contribution is -2.03. The van der Waals surface area contributed by atoms with Crippen molar-refractivity contribution in [3.8, 4) is 0 Å². The van der Waals surface area contributed by atoms with E-state index >= 15 is 0 Å². The van der Waals surface area contributed by atoms with Crippen molar-refractivity contribution in [1.82, 2.24) is 0 Å². The summed E-state index contributed by atoms with van der Waals surface area (Å²) >= 11 is 1.57. The van der Waals surface area contributed by atoms with E-state index in [4.69, 9.17) is 0 Å². The van der Waals surface area contributed by atoms with Crippen LogP contribution in [0.3, 0.4) is 0 Å². The van der Waals surface area contributed by atoms with E-state index in [1.165, 1.54) is 11.6 Å². The number of carbonyl (C=O) groups is 1. The van der Waals surface area contributed by atoms with Crippen LogP contribution in [0.5, 0.6) is 0 Å². The minimum Gasteiger partial charge on any atom is -0.318 e. The molecule has 3 heteroatoms. The lowest BCUT2D eigenvalue weighted by molar-refractivity contribution is -0.114. The Morgan fingerprint density at radius 2 is 2.46 bits per heavy atom. The van der Waals surface area contributed by atoms with Gasteiger partial charge in [-0.1, -0.05) is 6.07 Å². The minimum absolute atomic E-state index is 0.0319. The van der Waals surface area contributed by atoms with Gasteiger partial charge in [0.1, 0.15) is 0 Å². The maximum atomic E-state index is 10.8. The van der Waals surface area contributed by atoms with Crippen molar-refractivity contribution in [1.29, 1.82) is 0 Å². The number of anilines is 1. The van der Waals surface area contributed by atoms with Crippen molar-refractivity contribution in [3.05, 3.63) is 30.3 Å². The van der Waals surface area contributed by atoms with Gasteiger partial charge in [-0.15, -0.1) is 11.3 Å². The average molecular weight is 190 g/mol. The Bertz CT molecular complexity index is 414. The Morgan fingerprint density at radius 1 is 1.62 bits per heavy atom. The van der Waals surface area contributed by atoms with Gasteiger partial charge in [0, 0.05) is 11.6 Å². The van der Waals surface area contributed by atoms with Gasteiger partial charge >= 0.3 is 0 Å². The number of hydrogen-bond acceptors (Lipinski definition) is 2. The molecule has 0 unspecified atom stereocenters. The van der Waals surface area contributed by atoms with Gasteiger partial charge in [-0.05, 0) is 29.7 Å². The van der Waals surface area contributed by atoms with Crippen LogP contribution in [0, 0.1) is 6.07 Å². The molecule has 2 nitrogen and oxygen atoms in total. The van der Waals surface area contributed by atoms with Crippen LogP contribution in [0.25, 0.3) is 10.1 Å². The van der Waals surface area contributed by atoms with Gasteiger partial charge < -0.3 is 5.32 Å². The van der Waals surface area contributed by atoms with Crippen LogP contribution in [0.4, 0.5) is 5.00 Å². The molecule has 0 aliphatic carbocycles. The summed E-state index contributed by atoms with van der Waals surface area (Å²) in [7, 11) is 0. The second kappa shape index (κ2) is 3.18. The first kappa shape index (κ1) is 8.26. The summed E-state index contributed by atoms with van der Waals surface area (Å²) in [6, 6.07) is 10.7. The van der Waals surface area contributed by atoms with Crippen molar-refractivity contribution < 1.29 is 4.79 Å². The van der Waals surface area contributed by atoms with E-state index < -0.39 is 0 Å². The molecule has 2 rings (SSSR count). The molecule has 1 heterocycles. The Morgan fingerprint density at radius 3 is 3.15 bits per heavy atom. The van der Waals surface area contributed by atoms with Crippen molar-refractivity contribution in [2.45, 2.75) is 6.92 Å². The molecule has 0 aliphatic rings. The quantitative estimate of drug-likeness (QED) is 0.736. The number of amides is 1. The third kappa shape index (κ3) is 1.70. The van der Waals surface area contributed by atoms with E-state index in [1.54, 1.807) is 11.3 Å². The zero-order valence-electron chi connectivity index (χ0n) is 7.13. The van der Waals surface area contributed by atoms with Crippen molar-refractivity contribution in [3.63, 3.8) is 0 Å². The van der Waals surface area contributed by atoms with Crippen molar-refractivity contribution >= 4 is 32.3 Å². The molecular formula is C10H8NOS. The smallest absolute Gasteiger partial charge is 0.221 e. The minimum atomic E-state index is -0.0319. The standard InChI is InChI=1S/C10H8NOS/c1-7(12)11-10-6-8-4-2-3-5-9(8)13-10/h3-6H,1H3,(H,11,12). The average Bonchev–Trinajstić information content (AvgIpc) is 2.44. The van der Waals surface area contributed by atoms with Gasteiger partial charge in [-0.25, -0.2) is 0 Å². The lowest BCUT2D eigenvalue weighted by atomic mass is 10.3. The number of carbonyl (C=O) groups excluding carboxylic acids is 1. The second-order valence-electron chi connectivity index (χ2n) is 2.76. The lowest BCUT2D eigenvalue weighted by Gasteiger charge is -1.92. The summed E-state index contributed by atoms with van der Waals surface area (Å²) in [6.07, 6.45) is 0. The van der Waals surface area contributed by atoms with Gasteiger partial charge in [-0.2, -0.15) is 0 Å². The molecule has 1 amide bonds. The molecule has 0 spiro atoms. The van der Waals surface area contributed by atoms with Crippen molar-refractivity contribution in [2.24, 2.45) is 0 Å². The van der Waals surface area contributed by atoms with E-state index in [9.17, 15) is 4.79 Å². The molecule has 0 saturated carbocycles. The van der Waals surface area contributed by atoms with Crippen LogP contribution in [0.2, 0.25) is 0 Å². The number of rotatable bonds is 1. The monoisotopic (exact) mass is 190 g/mol. The summed E-state index contributed by atoms with van der Waals surface area (Å²) in [5.41, 5.74) is 0. The van der Waals surface area contributed by atoms with Gasteiger partial charge in [0.25, 0.3) is 0 Å². The molecule has 65 valence electrons. The van der Waals surface area contributed by atoms with Crippen LogP contribution in [-0.4, -0.2) is 5.91 Å². The summed E-state index contributed by atoms with van der Waals surface area (Å²) in [5.74, 6) is -0.0319. The van der Waals surface area contributed by atoms with E-state index in [-0.39, 0.29) is 5.91 Å². The van der Waals surface area contributed by atoms with E-state index in [0.717, 1.165) is 10.4 Å². The van der Waals surface area contributed by atoms with Crippen LogP contribution in [0.1, 0.15) is 6.92 Å². The number of fused-ring (bicyclic) bond motifs is 1. The molecule has 2 aromatic rings. The molecule has 0 bridgehead atoms. The molecule has 13 heavy (non-hydrogen) atoms. The predicted molar refractivity (Wildman–Crippen MR) is 55.0 cm³/mol.